The van der Waals surface area contributed by atoms with Crippen LogP contribution < -0.4 is 4.90 Å². The number of carbonyl (C=O) groups excluding carboxylic acids is 1. The summed E-state index contributed by atoms with van der Waals surface area (Å²) in [5, 5.41) is -0.292. The summed E-state index contributed by atoms with van der Waals surface area (Å²) < 4.78 is 38.8. The smallest absolute Gasteiger partial charge is 0.368 e. The van der Waals surface area contributed by atoms with Crippen LogP contribution in [-0.2, 0) is 11.0 Å². The van der Waals surface area contributed by atoms with E-state index in [1.54, 1.807) is 6.07 Å². The summed E-state index contributed by atoms with van der Waals surface area (Å²) in [4.78, 5) is 15.9. The highest BCUT2D eigenvalue weighted by molar-refractivity contribution is 6.31. The van der Waals surface area contributed by atoms with Gasteiger partial charge in [-0.1, -0.05) is 18.0 Å². The molecule has 0 aromatic heterocycles. The Morgan fingerprint density at radius 3 is 2.30 bits per heavy atom. The van der Waals surface area contributed by atoms with Gasteiger partial charge < -0.3 is 9.80 Å². The highest BCUT2D eigenvalue weighted by atomic mass is 35.5. The molecule has 0 spiro atoms. The van der Waals surface area contributed by atoms with Crippen LogP contribution in [0.25, 0.3) is 0 Å². The molecule has 3 rings (SSSR count). The Kier molecular flexibility index (Phi) is 4.45. The maximum Gasteiger partial charge on any atom is 0.417 e. The van der Waals surface area contributed by atoms with E-state index >= 15 is 0 Å². The van der Waals surface area contributed by atoms with Crippen molar-refractivity contribution in [1.82, 2.24) is 4.90 Å². The largest absolute Gasteiger partial charge is 0.417 e. The quantitative estimate of drug-likeness (QED) is 0.813. The molecule has 1 heterocycles. The SMILES string of the molecule is O=C(C1CCC1)N1CCN(c2ccc(Cl)c(C(F)(F)F)c2)CC1. The number of alkyl halides is 3. The number of carbonyl (C=O) groups is 1. The standard InChI is InChI=1S/C16H18ClF3N2O/c17-14-5-4-12(10-13(14)16(18,19)20)21-6-8-22(9-7-21)15(23)11-2-1-3-11/h4-5,10-11H,1-3,6-9H2. The van der Waals surface area contributed by atoms with Gasteiger partial charge in [-0.15, -0.1) is 0 Å². The number of benzene rings is 1. The van der Waals surface area contributed by atoms with Crippen LogP contribution in [0, 0.1) is 5.92 Å². The summed E-state index contributed by atoms with van der Waals surface area (Å²) >= 11 is 5.65. The van der Waals surface area contributed by atoms with Gasteiger partial charge in [0.2, 0.25) is 5.91 Å². The van der Waals surface area contributed by atoms with Gasteiger partial charge in [0.1, 0.15) is 0 Å². The molecule has 7 heteroatoms. The van der Waals surface area contributed by atoms with Crippen molar-refractivity contribution >= 4 is 23.2 Å². The third-order valence-electron chi connectivity index (χ3n) is 4.67. The van der Waals surface area contributed by atoms with Crippen LogP contribution in [0.1, 0.15) is 24.8 Å². The average Bonchev–Trinajstić information content (AvgIpc) is 2.45. The fraction of sp³-hybridized carbons (Fsp3) is 0.562. The molecule has 1 aromatic carbocycles. The third kappa shape index (κ3) is 3.42. The minimum Gasteiger partial charge on any atom is -0.368 e. The predicted molar refractivity (Wildman–Crippen MR) is 82.6 cm³/mol. The lowest BCUT2D eigenvalue weighted by Crippen LogP contribution is -2.51. The second kappa shape index (κ2) is 6.23. The molecule has 126 valence electrons. The molecule has 0 N–H and O–H groups in total. The number of hydrogen-bond donors (Lipinski definition) is 0. The first kappa shape index (κ1) is 16.4. The number of hydrogen-bond acceptors (Lipinski definition) is 2. The number of halogens is 4. The molecule has 1 aliphatic carbocycles. The van der Waals surface area contributed by atoms with E-state index in [4.69, 9.17) is 11.6 Å². The minimum absolute atomic E-state index is 0.161. The van der Waals surface area contributed by atoms with Crippen LogP contribution in [0.5, 0.6) is 0 Å². The summed E-state index contributed by atoms with van der Waals surface area (Å²) in [6.45, 7) is 2.19. The number of rotatable bonds is 2. The highest BCUT2D eigenvalue weighted by Crippen LogP contribution is 2.37. The van der Waals surface area contributed by atoms with Crippen molar-refractivity contribution in [3.63, 3.8) is 0 Å². The van der Waals surface area contributed by atoms with Gasteiger partial charge in [0.25, 0.3) is 0 Å². The molecule has 1 saturated heterocycles. The zero-order chi connectivity index (χ0) is 16.6. The lowest BCUT2D eigenvalue weighted by atomic mass is 9.84. The third-order valence-corrected chi connectivity index (χ3v) is 5.00. The molecule has 3 nitrogen and oxygen atoms in total. The molecule has 1 amide bonds. The zero-order valence-corrected chi connectivity index (χ0v) is 13.3. The minimum atomic E-state index is -4.46. The molecule has 0 bridgehead atoms. The average molecular weight is 347 g/mol. The van der Waals surface area contributed by atoms with Gasteiger partial charge in [-0.05, 0) is 31.0 Å². The molecule has 1 saturated carbocycles. The lowest BCUT2D eigenvalue weighted by Gasteiger charge is -2.39. The van der Waals surface area contributed by atoms with E-state index < -0.39 is 11.7 Å². The molecular formula is C16H18ClF3N2O. The number of nitrogens with zero attached hydrogens (tertiary/aromatic N) is 2. The summed E-state index contributed by atoms with van der Waals surface area (Å²) in [6.07, 6.45) is -1.42. The Morgan fingerprint density at radius 2 is 1.78 bits per heavy atom. The van der Waals surface area contributed by atoms with Crippen molar-refractivity contribution in [2.24, 2.45) is 5.92 Å². The molecule has 1 aliphatic heterocycles. The zero-order valence-electron chi connectivity index (χ0n) is 12.6. The Labute approximate surface area is 138 Å². The van der Waals surface area contributed by atoms with Gasteiger partial charge in [-0.3, -0.25) is 4.79 Å². The maximum absolute atomic E-state index is 12.9. The Balaban J connectivity index is 1.67. The lowest BCUT2D eigenvalue weighted by molar-refractivity contribution is -0.138. The van der Waals surface area contributed by atoms with E-state index in [0.29, 0.717) is 31.9 Å². The van der Waals surface area contributed by atoms with E-state index in [2.05, 4.69) is 0 Å². The Hall–Kier alpha value is -1.43. The van der Waals surface area contributed by atoms with Gasteiger partial charge in [0.15, 0.2) is 0 Å². The summed E-state index contributed by atoms with van der Waals surface area (Å²) in [6, 6.07) is 3.97. The summed E-state index contributed by atoms with van der Waals surface area (Å²) in [5.41, 5.74) is -0.317. The summed E-state index contributed by atoms with van der Waals surface area (Å²) in [7, 11) is 0. The normalized spacial score (nSPS) is 19.7. The van der Waals surface area contributed by atoms with Crippen LogP contribution in [0.15, 0.2) is 18.2 Å². The first-order chi connectivity index (χ1) is 10.9. The van der Waals surface area contributed by atoms with Crippen LogP contribution in [-0.4, -0.2) is 37.0 Å². The second-order valence-corrected chi connectivity index (χ2v) is 6.51. The van der Waals surface area contributed by atoms with E-state index in [9.17, 15) is 18.0 Å². The van der Waals surface area contributed by atoms with Gasteiger partial charge >= 0.3 is 6.18 Å². The van der Waals surface area contributed by atoms with E-state index in [1.807, 2.05) is 9.80 Å². The summed E-state index contributed by atoms with van der Waals surface area (Å²) in [5.74, 6) is 0.358. The molecule has 0 atom stereocenters. The van der Waals surface area contributed by atoms with Crippen molar-refractivity contribution in [2.75, 3.05) is 31.1 Å². The monoisotopic (exact) mass is 346 g/mol. The second-order valence-electron chi connectivity index (χ2n) is 6.10. The predicted octanol–water partition coefficient (Wildman–Crippen LogP) is 3.81. The molecular weight excluding hydrogens is 329 g/mol. The van der Waals surface area contributed by atoms with Gasteiger partial charge in [0, 0.05) is 37.8 Å². The maximum atomic E-state index is 12.9. The van der Waals surface area contributed by atoms with Crippen molar-refractivity contribution < 1.29 is 18.0 Å². The van der Waals surface area contributed by atoms with Crippen molar-refractivity contribution in [3.8, 4) is 0 Å². The van der Waals surface area contributed by atoms with Crippen LogP contribution >= 0.6 is 11.6 Å². The molecule has 2 aliphatic rings. The fourth-order valence-electron chi connectivity index (χ4n) is 3.03. The van der Waals surface area contributed by atoms with Gasteiger partial charge in [0.05, 0.1) is 10.6 Å². The number of piperazine rings is 1. The topological polar surface area (TPSA) is 23.6 Å². The molecule has 0 unspecified atom stereocenters. The highest BCUT2D eigenvalue weighted by Gasteiger charge is 2.35. The first-order valence-corrected chi connectivity index (χ1v) is 8.14. The van der Waals surface area contributed by atoms with Crippen LogP contribution in [0.3, 0.4) is 0 Å². The molecule has 0 radical (unpaired) electrons. The van der Waals surface area contributed by atoms with Crippen LogP contribution in [0.4, 0.5) is 18.9 Å². The number of anilines is 1. The van der Waals surface area contributed by atoms with E-state index in [1.165, 1.54) is 6.07 Å². The molecule has 2 fully saturated rings. The Bertz CT molecular complexity index is 593. The van der Waals surface area contributed by atoms with E-state index in [-0.39, 0.29) is 16.8 Å². The molecule has 1 aromatic rings. The first-order valence-electron chi connectivity index (χ1n) is 7.77. The van der Waals surface area contributed by atoms with E-state index in [0.717, 1.165) is 25.3 Å². The van der Waals surface area contributed by atoms with Crippen LogP contribution in [0.2, 0.25) is 5.02 Å². The fourth-order valence-corrected chi connectivity index (χ4v) is 3.25. The molecule has 23 heavy (non-hydrogen) atoms. The number of amides is 1. The van der Waals surface area contributed by atoms with Gasteiger partial charge in [-0.25, -0.2) is 0 Å². The van der Waals surface area contributed by atoms with Crippen molar-refractivity contribution in [1.29, 1.82) is 0 Å². The van der Waals surface area contributed by atoms with Crippen molar-refractivity contribution in [2.45, 2.75) is 25.4 Å². The van der Waals surface area contributed by atoms with Gasteiger partial charge in [-0.2, -0.15) is 13.2 Å². The Morgan fingerprint density at radius 1 is 1.13 bits per heavy atom. The van der Waals surface area contributed by atoms with Crippen molar-refractivity contribution in [3.05, 3.63) is 28.8 Å².